The van der Waals surface area contributed by atoms with Crippen LogP contribution >= 0.6 is 11.3 Å². The van der Waals surface area contributed by atoms with Gasteiger partial charge in [0.05, 0.1) is 5.69 Å². The molecule has 2 unspecified atom stereocenters. The SMILES string of the molecule is CNCc1c(N2CCC3CCCCC32)nc2sccn12. The third-order valence-electron chi connectivity index (χ3n) is 4.97. The first-order valence-electron chi connectivity index (χ1n) is 7.74. The lowest BCUT2D eigenvalue weighted by Crippen LogP contribution is -2.35. The third-order valence-corrected chi connectivity index (χ3v) is 5.72. The van der Waals surface area contributed by atoms with Crippen molar-refractivity contribution >= 4 is 22.1 Å². The molecule has 0 aromatic carbocycles. The molecule has 1 saturated carbocycles. The lowest BCUT2D eigenvalue weighted by Gasteiger charge is -2.32. The van der Waals surface area contributed by atoms with Gasteiger partial charge in [0.25, 0.3) is 0 Å². The topological polar surface area (TPSA) is 32.6 Å². The molecule has 1 aliphatic heterocycles. The number of fused-ring (bicyclic) bond motifs is 2. The molecule has 0 bridgehead atoms. The van der Waals surface area contributed by atoms with Crippen LogP contribution in [0.4, 0.5) is 5.82 Å². The number of nitrogens with one attached hydrogen (secondary N) is 1. The highest BCUT2D eigenvalue weighted by molar-refractivity contribution is 7.15. The summed E-state index contributed by atoms with van der Waals surface area (Å²) in [7, 11) is 2.02. The van der Waals surface area contributed by atoms with Crippen molar-refractivity contribution in [2.45, 2.75) is 44.7 Å². The lowest BCUT2D eigenvalue weighted by atomic mass is 9.85. The fourth-order valence-corrected chi connectivity index (χ4v) is 4.78. The van der Waals surface area contributed by atoms with Crippen LogP contribution in [0.3, 0.4) is 0 Å². The van der Waals surface area contributed by atoms with Gasteiger partial charge >= 0.3 is 0 Å². The number of imidazole rings is 1. The normalized spacial score (nSPS) is 26.4. The van der Waals surface area contributed by atoms with Crippen LogP contribution in [0.1, 0.15) is 37.8 Å². The van der Waals surface area contributed by atoms with E-state index in [1.807, 2.05) is 7.05 Å². The summed E-state index contributed by atoms with van der Waals surface area (Å²) >= 11 is 1.73. The fraction of sp³-hybridized carbons (Fsp3) is 0.667. The quantitative estimate of drug-likeness (QED) is 0.943. The number of hydrogen-bond acceptors (Lipinski definition) is 4. The highest BCUT2D eigenvalue weighted by Crippen LogP contribution is 2.40. The van der Waals surface area contributed by atoms with Crippen molar-refractivity contribution in [1.82, 2.24) is 14.7 Å². The number of aromatic nitrogens is 2. The Balaban J connectivity index is 1.73. The first kappa shape index (κ1) is 12.7. The number of hydrogen-bond donors (Lipinski definition) is 1. The van der Waals surface area contributed by atoms with Gasteiger partial charge in [-0.15, -0.1) is 11.3 Å². The second-order valence-corrected chi connectivity index (χ2v) is 6.93. The molecule has 2 fully saturated rings. The van der Waals surface area contributed by atoms with Gasteiger partial charge in [0.1, 0.15) is 0 Å². The van der Waals surface area contributed by atoms with E-state index < -0.39 is 0 Å². The average molecular weight is 290 g/mol. The molecule has 4 rings (SSSR count). The van der Waals surface area contributed by atoms with Crippen LogP contribution in [0.25, 0.3) is 4.96 Å². The highest BCUT2D eigenvalue weighted by atomic mass is 32.1. The Morgan fingerprint density at radius 2 is 2.25 bits per heavy atom. The smallest absolute Gasteiger partial charge is 0.195 e. The Morgan fingerprint density at radius 3 is 3.15 bits per heavy atom. The number of rotatable bonds is 3. The first-order valence-corrected chi connectivity index (χ1v) is 8.62. The van der Waals surface area contributed by atoms with Gasteiger partial charge in [-0.1, -0.05) is 12.8 Å². The van der Waals surface area contributed by atoms with Crippen molar-refractivity contribution in [3.05, 3.63) is 17.3 Å². The van der Waals surface area contributed by atoms with Gasteiger partial charge in [-0.2, -0.15) is 0 Å². The van der Waals surface area contributed by atoms with E-state index in [0.717, 1.165) is 23.5 Å². The van der Waals surface area contributed by atoms with E-state index in [-0.39, 0.29) is 0 Å². The summed E-state index contributed by atoms with van der Waals surface area (Å²) in [5.74, 6) is 2.14. The van der Waals surface area contributed by atoms with E-state index in [0.29, 0.717) is 0 Å². The van der Waals surface area contributed by atoms with Crippen LogP contribution in [0, 0.1) is 5.92 Å². The fourth-order valence-electron chi connectivity index (χ4n) is 4.05. The third kappa shape index (κ3) is 1.87. The van der Waals surface area contributed by atoms with Gasteiger partial charge in [0, 0.05) is 30.7 Å². The van der Waals surface area contributed by atoms with Crippen molar-refractivity contribution in [3.63, 3.8) is 0 Å². The van der Waals surface area contributed by atoms with Crippen molar-refractivity contribution in [2.75, 3.05) is 18.5 Å². The zero-order chi connectivity index (χ0) is 13.5. The summed E-state index contributed by atoms with van der Waals surface area (Å²) in [6, 6.07) is 0.740. The van der Waals surface area contributed by atoms with E-state index >= 15 is 0 Å². The number of anilines is 1. The Hall–Kier alpha value is -1.07. The Kier molecular flexibility index (Phi) is 3.19. The minimum absolute atomic E-state index is 0.740. The van der Waals surface area contributed by atoms with Gasteiger partial charge in [0.2, 0.25) is 0 Å². The zero-order valence-electron chi connectivity index (χ0n) is 12.0. The Labute approximate surface area is 123 Å². The summed E-state index contributed by atoms with van der Waals surface area (Å²) in [4.78, 5) is 8.67. The predicted molar refractivity (Wildman–Crippen MR) is 83.5 cm³/mol. The van der Waals surface area contributed by atoms with Crippen LogP contribution in [0.2, 0.25) is 0 Å². The highest BCUT2D eigenvalue weighted by Gasteiger charge is 2.37. The standard InChI is InChI=1S/C15H22N4S/c1-16-10-13-14(17-15-19(13)8-9-20-15)18-7-6-11-4-2-3-5-12(11)18/h8-9,11-12,16H,2-7,10H2,1H3. The van der Waals surface area contributed by atoms with Crippen molar-refractivity contribution in [2.24, 2.45) is 5.92 Å². The molecule has 20 heavy (non-hydrogen) atoms. The molecular formula is C15H22N4S. The molecule has 0 radical (unpaired) electrons. The van der Waals surface area contributed by atoms with Gasteiger partial charge in [0.15, 0.2) is 10.8 Å². The van der Waals surface area contributed by atoms with Gasteiger partial charge < -0.3 is 10.2 Å². The summed E-state index contributed by atoms with van der Waals surface area (Å²) < 4.78 is 2.26. The molecule has 4 nitrogen and oxygen atoms in total. The molecule has 1 saturated heterocycles. The molecule has 2 atom stereocenters. The van der Waals surface area contributed by atoms with Gasteiger partial charge in [-0.3, -0.25) is 4.40 Å². The average Bonchev–Trinajstić information content (AvgIpc) is 3.14. The summed E-state index contributed by atoms with van der Waals surface area (Å²) in [6.45, 7) is 2.08. The van der Waals surface area contributed by atoms with E-state index in [1.54, 1.807) is 11.3 Å². The van der Waals surface area contributed by atoms with Crippen molar-refractivity contribution < 1.29 is 0 Å². The van der Waals surface area contributed by atoms with E-state index in [4.69, 9.17) is 4.98 Å². The maximum atomic E-state index is 4.93. The second-order valence-electron chi connectivity index (χ2n) is 6.06. The largest absolute Gasteiger partial charge is 0.352 e. The van der Waals surface area contributed by atoms with Crippen LogP contribution in [-0.4, -0.2) is 29.0 Å². The maximum absolute atomic E-state index is 4.93. The lowest BCUT2D eigenvalue weighted by molar-refractivity contribution is 0.341. The maximum Gasteiger partial charge on any atom is 0.195 e. The molecule has 108 valence electrons. The molecule has 0 amide bonds. The molecule has 3 heterocycles. The van der Waals surface area contributed by atoms with E-state index in [1.165, 1.54) is 50.2 Å². The summed E-state index contributed by atoms with van der Waals surface area (Å²) in [6.07, 6.45) is 9.10. The number of nitrogens with zero attached hydrogens (tertiary/aromatic N) is 3. The Morgan fingerprint density at radius 1 is 1.35 bits per heavy atom. The number of thiazole rings is 1. The minimum Gasteiger partial charge on any atom is -0.352 e. The molecule has 2 aliphatic rings. The second kappa shape index (κ2) is 5.04. The van der Waals surface area contributed by atoms with E-state index in [9.17, 15) is 0 Å². The molecule has 0 spiro atoms. The van der Waals surface area contributed by atoms with Crippen LogP contribution in [0.15, 0.2) is 11.6 Å². The van der Waals surface area contributed by atoms with E-state index in [2.05, 4.69) is 26.2 Å². The van der Waals surface area contributed by atoms with Crippen LogP contribution in [0.5, 0.6) is 0 Å². The summed E-state index contributed by atoms with van der Waals surface area (Å²) in [5, 5.41) is 5.43. The monoisotopic (exact) mass is 290 g/mol. The first-order chi connectivity index (χ1) is 9.88. The molecule has 2 aromatic heterocycles. The van der Waals surface area contributed by atoms with Gasteiger partial charge in [-0.05, 0) is 32.2 Å². The molecule has 1 aliphatic carbocycles. The van der Waals surface area contributed by atoms with Crippen molar-refractivity contribution in [1.29, 1.82) is 0 Å². The van der Waals surface area contributed by atoms with Crippen LogP contribution < -0.4 is 10.2 Å². The molecular weight excluding hydrogens is 268 g/mol. The zero-order valence-corrected chi connectivity index (χ0v) is 12.8. The molecule has 2 aromatic rings. The molecule has 5 heteroatoms. The summed E-state index contributed by atoms with van der Waals surface area (Å²) in [5.41, 5.74) is 1.33. The molecule has 1 N–H and O–H groups in total. The Bertz CT molecular complexity index is 602. The van der Waals surface area contributed by atoms with Crippen molar-refractivity contribution in [3.8, 4) is 0 Å². The van der Waals surface area contributed by atoms with Crippen LogP contribution in [-0.2, 0) is 6.54 Å². The minimum atomic E-state index is 0.740. The predicted octanol–water partition coefficient (Wildman–Crippen LogP) is 2.88. The van der Waals surface area contributed by atoms with Gasteiger partial charge in [-0.25, -0.2) is 4.98 Å².